The molecule has 1 aromatic rings. The first-order valence-electron chi connectivity index (χ1n) is 8.58. The van der Waals surface area contributed by atoms with Crippen LogP contribution in [0.15, 0.2) is 30.3 Å². The van der Waals surface area contributed by atoms with E-state index in [4.69, 9.17) is 14.2 Å². The lowest BCUT2D eigenvalue weighted by molar-refractivity contribution is -0.164. The molecule has 0 aliphatic heterocycles. The second-order valence-electron chi connectivity index (χ2n) is 7.26. The maximum Gasteiger partial charge on any atom is 0.408 e. The minimum atomic E-state index is -1.07. The van der Waals surface area contributed by atoms with Crippen molar-refractivity contribution in [1.82, 2.24) is 5.32 Å². The van der Waals surface area contributed by atoms with Gasteiger partial charge in [0.15, 0.2) is 0 Å². The maximum absolute atomic E-state index is 12.3. The Balaban J connectivity index is 1.93. The van der Waals surface area contributed by atoms with Gasteiger partial charge in [0, 0.05) is 12.8 Å². The molecule has 2 rings (SSSR count). The summed E-state index contributed by atoms with van der Waals surface area (Å²) < 4.78 is 16.2. The highest BCUT2D eigenvalue weighted by atomic mass is 16.6. The normalized spacial score (nSPS) is 22.6. The van der Waals surface area contributed by atoms with Gasteiger partial charge >= 0.3 is 12.1 Å². The van der Waals surface area contributed by atoms with Crippen LogP contribution >= 0.6 is 0 Å². The van der Waals surface area contributed by atoms with E-state index in [1.807, 2.05) is 30.3 Å². The monoisotopic (exact) mass is 349 g/mol. The number of carbonyl (C=O) groups excluding carboxylic acids is 2. The fourth-order valence-corrected chi connectivity index (χ4v) is 2.71. The molecule has 0 atom stereocenters. The smallest absolute Gasteiger partial charge is 0.408 e. The van der Waals surface area contributed by atoms with Gasteiger partial charge in [0.2, 0.25) is 0 Å². The van der Waals surface area contributed by atoms with E-state index in [-0.39, 0.29) is 12.7 Å². The van der Waals surface area contributed by atoms with Crippen LogP contribution in [-0.2, 0) is 25.6 Å². The zero-order chi connectivity index (χ0) is 18.5. The summed E-state index contributed by atoms with van der Waals surface area (Å²) in [6, 6.07) is 9.81. The molecule has 1 aliphatic carbocycles. The molecule has 0 unspecified atom stereocenters. The Kier molecular flexibility index (Phi) is 6.06. The summed E-state index contributed by atoms with van der Waals surface area (Å²) in [4.78, 5) is 24.4. The van der Waals surface area contributed by atoms with Crippen molar-refractivity contribution in [2.45, 2.75) is 64.4 Å². The summed E-state index contributed by atoms with van der Waals surface area (Å²) in [7, 11) is 0. The fourth-order valence-electron chi connectivity index (χ4n) is 2.71. The Bertz CT molecular complexity index is 588. The average Bonchev–Trinajstić information content (AvgIpc) is 2.48. The molecular weight excluding hydrogens is 322 g/mol. The lowest BCUT2D eigenvalue weighted by atomic mass is 9.74. The molecule has 1 N–H and O–H groups in total. The number of alkyl carbamates (subject to hydrolysis) is 1. The van der Waals surface area contributed by atoms with Gasteiger partial charge < -0.3 is 19.5 Å². The number of hydrogen-bond acceptors (Lipinski definition) is 5. The van der Waals surface area contributed by atoms with Crippen LogP contribution in [0, 0.1) is 0 Å². The Labute approximate surface area is 148 Å². The average molecular weight is 349 g/mol. The van der Waals surface area contributed by atoms with Gasteiger partial charge in [-0.2, -0.15) is 0 Å². The molecule has 1 fully saturated rings. The van der Waals surface area contributed by atoms with Gasteiger partial charge in [0.05, 0.1) is 19.3 Å². The highest BCUT2D eigenvalue weighted by Crippen LogP contribution is 2.36. The van der Waals surface area contributed by atoms with Crippen LogP contribution in [0.4, 0.5) is 4.79 Å². The number of ether oxygens (including phenoxy) is 3. The second kappa shape index (κ2) is 7.87. The molecule has 0 aromatic heterocycles. The van der Waals surface area contributed by atoms with E-state index in [1.54, 1.807) is 27.7 Å². The number of nitrogens with one attached hydrogen (secondary N) is 1. The van der Waals surface area contributed by atoms with Crippen LogP contribution < -0.4 is 5.32 Å². The number of hydrogen-bond donors (Lipinski definition) is 1. The first-order chi connectivity index (χ1) is 11.7. The molecule has 6 nitrogen and oxygen atoms in total. The lowest BCUT2D eigenvalue weighted by Gasteiger charge is -2.45. The maximum atomic E-state index is 12.3. The summed E-state index contributed by atoms with van der Waals surface area (Å²) in [6.07, 6.45) is 0.0112. The van der Waals surface area contributed by atoms with Crippen molar-refractivity contribution in [3.63, 3.8) is 0 Å². The molecule has 0 saturated heterocycles. The highest BCUT2D eigenvalue weighted by Gasteiger charge is 2.53. The van der Waals surface area contributed by atoms with Crippen molar-refractivity contribution >= 4 is 12.1 Å². The molecular formula is C19H27NO5. The second-order valence-corrected chi connectivity index (χ2v) is 7.26. The van der Waals surface area contributed by atoms with Crippen molar-refractivity contribution in [2.75, 3.05) is 6.61 Å². The Morgan fingerprint density at radius 2 is 1.84 bits per heavy atom. The standard InChI is InChI=1S/C19H27NO5/c1-5-23-16(21)19(20-17(22)25-18(2,3)4)11-15(12-19)24-13-14-9-7-6-8-10-14/h6-10,15H,5,11-13H2,1-4H3,(H,20,22). The van der Waals surface area contributed by atoms with E-state index in [9.17, 15) is 9.59 Å². The van der Waals surface area contributed by atoms with Crippen molar-refractivity contribution in [3.05, 3.63) is 35.9 Å². The fraction of sp³-hybridized carbons (Fsp3) is 0.579. The van der Waals surface area contributed by atoms with Crippen molar-refractivity contribution < 1.29 is 23.8 Å². The van der Waals surface area contributed by atoms with Crippen molar-refractivity contribution in [1.29, 1.82) is 0 Å². The summed E-state index contributed by atoms with van der Waals surface area (Å²) in [6.45, 7) is 7.78. The van der Waals surface area contributed by atoms with Crippen LogP contribution in [0.1, 0.15) is 46.1 Å². The molecule has 1 amide bonds. The van der Waals surface area contributed by atoms with Gasteiger partial charge in [-0.3, -0.25) is 0 Å². The number of amides is 1. The summed E-state index contributed by atoms with van der Waals surface area (Å²) >= 11 is 0. The minimum absolute atomic E-state index is 0.112. The minimum Gasteiger partial charge on any atom is -0.464 e. The molecule has 0 radical (unpaired) electrons. The molecule has 1 aliphatic rings. The SMILES string of the molecule is CCOC(=O)C1(NC(=O)OC(C)(C)C)CC(OCc2ccccc2)C1. The number of esters is 1. The molecule has 1 aromatic carbocycles. The van der Waals surface area contributed by atoms with E-state index < -0.39 is 23.2 Å². The molecule has 1 saturated carbocycles. The highest BCUT2D eigenvalue weighted by molar-refractivity contribution is 5.87. The van der Waals surface area contributed by atoms with Crippen LogP contribution in [0.3, 0.4) is 0 Å². The number of carbonyl (C=O) groups is 2. The molecule has 138 valence electrons. The van der Waals surface area contributed by atoms with Crippen LogP contribution in [0.25, 0.3) is 0 Å². The largest absolute Gasteiger partial charge is 0.464 e. The van der Waals surface area contributed by atoms with Gasteiger partial charge in [0.1, 0.15) is 11.1 Å². The van der Waals surface area contributed by atoms with E-state index in [1.165, 1.54) is 0 Å². The summed E-state index contributed by atoms with van der Waals surface area (Å²) in [5, 5.41) is 2.68. The van der Waals surface area contributed by atoms with Crippen LogP contribution in [-0.4, -0.2) is 35.9 Å². The lowest BCUT2D eigenvalue weighted by Crippen LogP contribution is -2.65. The Morgan fingerprint density at radius 1 is 1.20 bits per heavy atom. The number of benzene rings is 1. The van der Waals surface area contributed by atoms with Crippen LogP contribution in [0.5, 0.6) is 0 Å². The van der Waals surface area contributed by atoms with E-state index >= 15 is 0 Å². The predicted octanol–water partition coefficient (Wildman–Crippen LogP) is 3.19. The molecule has 6 heteroatoms. The predicted molar refractivity (Wildman–Crippen MR) is 93.0 cm³/mol. The summed E-state index contributed by atoms with van der Waals surface area (Å²) in [5.74, 6) is -0.444. The summed E-state index contributed by atoms with van der Waals surface area (Å²) in [5.41, 5.74) is -0.636. The molecule has 25 heavy (non-hydrogen) atoms. The van der Waals surface area contributed by atoms with Gasteiger partial charge in [-0.1, -0.05) is 30.3 Å². The quantitative estimate of drug-likeness (QED) is 0.799. The van der Waals surface area contributed by atoms with Gasteiger partial charge in [-0.15, -0.1) is 0 Å². The Morgan fingerprint density at radius 3 is 2.40 bits per heavy atom. The van der Waals surface area contributed by atoms with Crippen molar-refractivity contribution in [3.8, 4) is 0 Å². The van der Waals surface area contributed by atoms with E-state index in [0.717, 1.165) is 5.56 Å². The first kappa shape index (κ1) is 19.2. The third-order valence-corrected chi connectivity index (χ3v) is 3.89. The van der Waals surface area contributed by atoms with Crippen molar-refractivity contribution in [2.24, 2.45) is 0 Å². The molecule has 0 bridgehead atoms. The molecule has 0 heterocycles. The number of rotatable bonds is 6. The first-order valence-corrected chi connectivity index (χ1v) is 8.58. The van der Waals surface area contributed by atoms with Gasteiger partial charge in [-0.05, 0) is 33.3 Å². The van der Waals surface area contributed by atoms with E-state index in [0.29, 0.717) is 19.4 Å². The third kappa shape index (κ3) is 5.46. The van der Waals surface area contributed by atoms with E-state index in [2.05, 4.69) is 5.32 Å². The molecule has 0 spiro atoms. The van der Waals surface area contributed by atoms with Gasteiger partial charge in [0.25, 0.3) is 0 Å². The Hall–Kier alpha value is -2.08. The topological polar surface area (TPSA) is 73.9 Å². The third-order valence-electron chi connectivity index (χ3n) is 3.89. The van der Waals surface area contributed by atoms with Crippen LogP contribution in [0.2, 0.25) is 0 Å². The van der Waals surface area contributed by atoms with Gasteiger partial charge in [-0.25, -0.2) is 9.59 Å². The zero-order valence-electron chi connectivity index (χ0n) is 15.3. The zero-order valence-corrected chi connectivity index (χ0v) is 15.3.